The number of methoxy groups -OCH3 is 1. The molecule has 1 aromatic carbocycles. The molecule has 2 fully saturated rings. The summed E-state index contributed by atoms with van der Waals surface area (Å²) in [7, 11) is 1.44. The van der Waals surface area contributed by atoms with Gasteiger partial charge >= 0.3 is 5.97 Å². The first kappa shape index (κ1) is 13.9. The highest BCUT2D eigenvalue weighted by Crippen LogP contribution is 2.60. The second kappa shape index (κ2) is 4.74. The van der Waals surface area contributed by atoms with Gasteiger partial charge in [-0.3, -0.25) is 0 Å². The zero-order chi connectivity index (χ0) is 14.4. The molecule has 3 rings (SSSR count). The summed E-state index contributed by atoms with van der Waals surface area (Å²) in [5.41, 5.74) is 0.362. The Bertz CT molecular complexity index is 527. The number of carbonyl (C=O) groups excluding carboxylic acids is 1. The van der Waals surface area contributed by atoms with Crippen LogP contribution >= 0.6 is 11.6 Å². The van der Waals surface area contributed by atoms with Gasteiger partial charge in [-0.25, -0.2) is 4.79 Å². The third-order valence-corrected chi connectivity index (χ3v) is 5.27. The molecular weight excluding hydrogens is 276 g/mol. The minimum absolute atomic E-state index is 0.0722. The Morgan fingerprint density at radius 3 is 2.70 bits per heavy atom. The van der Waals surface area contributed by atoms with Crippen LogP contribution in [0.3, 0.4) is 0 Å². The van der Waals surface area contributed by atoms with Crippen LogP contribution in [-0.4, -0.2) is 25.3 Å². The van der Waals surface area contributed by atoms with E-state index in [1.165, 1.54) is 12.7 Å². The fourth-order valence-corrected chi connectivity index (χ4v) is 3.94. The summed E-state index contributed by atoms with van der Waals surface area (Å²) in [6, 6.07) is 7.80. The van der Waals surface area contributed by atoms with E-state index >= 15 is 0 Å². The van der Waals surface area contributed by atoms with Crippen LogP contribution in [-0.2, 0) is 20.7 Å². The molecule has 0 radical (unpaired) electrons. The van der Waals surface area contributed by atoms with Crippen molar-refractivity contribution in [2.24, 2.45) is 11.3 Å². The van der Waals surface area contributed by atoms with Gasteiger partial charge in [0.15, 0.2) is 5.60 Å². The summed E-state index contributed by atoms with van der Waals surface area (Å²) < 4.78 is 10.8. The Morgan fingerprint density at radius 2 is 2.15 bits per heavy atom. The van der Waals surface area contributed by atoms with E-state index < -0.39 is 5.60 Å². The summed E-state index contributed by atoms with van der Waals surface area (Å²) >= 11 is 5.91. The summed E-state index contributed by atoms with van der Waals surface area (Å²) in [5, 5.41) is 0.729. The Balaban J connectivity index is 1.86. The van der Waals surface area contributed by atoms with Crippen LogP contribution in [0.5, 0.6) is 0 Å². The molecule has 108 valence electrons. The molecule has 0 spiro atoms. The van der Waals surface area contributed by atoms with Crippen LogP contribution in [0.4, 0.5) is 0 Å². The molecule has 3 unspecified atom stereocenters. The maximum absolute atomic E-state index is 12.3. The van der Waals surface area contributed by atoms with E-state index in [0.29, 0.717) is 6.61 Å². The largest absolute Gasteiger partial charge is 0.467 e. The van der Waals surface area contributed by atoms with Crippen molar-refractivity contribution in [3.8, 4) is 0 Å². The smallest absolute Gasteiger partial charge is 0.339 e. The van der Waals surface area contributed by atoms with E-state index in [-0.39, 0.29) is 17.3 Å². The molecule has 2 aliphatic rings. The fourth-order valence-electron chi connectivity index (χ4n) is 3.81. The molecule has 0 N–H and O–H groups in total. The van der Waals surface area contributed by atoms with Gasteiger partial charge in [0.2, 0.25) is 0 Å². The first-order valence-electron chi connectivity index (χ1n) is 6.99. The van der Waals surface area contributed by atoms with Crippen LogP contribution in [0.2, 0.25) is 5.02 Å². The van der Waals surface area contributed by atoms with E-state index in [1.807, 2.05) is 24.3 Å². The van der Waals surface area contributed by atoms with Gasteiger partial charge in [-0.2, -0.15) is 0 Å². The lowest BCUT2D eigenvalue weighted by atomic mass is 9.67. The number of benzene rings is 1. The second-order valence-corrected chi connectivity index (χ2v) is 6.58. The maximum Gasteiger partial charge on any atom is 0.339 e. The zero-order valence-corrected chi connectivity index (χ0v) is 12.6. The third-order valence-electron chi connectivity index (χ3n) is 5.02. The molecule has 1 aromatic rings. The summed E-state index contributed by atoms with van der Waals surface area (Å²) in [4.78, 5) is 12.3. The predicted octanol–water partition coefficient (Wildman–Crippen LogP) is 3.24. The molecule has 0 bridgehead atoms. The lowest BCUT2D eigenvalue weighted by molar-refractivity contribution is -0.262. The Labute approximate surface area is 124 Å². The highest BCUT2D eigenvalue weighted by Gasteiger charge is 2.70. The Morgan fingerprint density at radius 1 is 1.45 bits per heavy atom. The second-order valence-electron chi connectivity index (χ2n) is 6.14. The molecule has 20 heavy (non-hydrogen) atoms. The lowest BCUT2D eigenvalue weighted by Gasteiger charge is -2.53. The number of ether oxygens (including phenoxy) is 2. The van der Waals surface area contributed by atoms with Crippen molar-refractivity contribution in [1.82, 2.24) is 0 Å². The van der Waals surface area contributed by atoms with Crippen LogP contribution in [0.1, 0.15) is 25.3 Å². The summed E-state index contributed by atoms with van der Waals surface area (Å²) in [5.74, 6) is -0.0439. The average Bonchev–Trinajstić information content (AvgIpc) is 2.62. The Hall–Kier alpha value is -1.06. The predicted molar refractivity (Wildman–Crippen MR) is 76.7 cm³/mol. The van der Waals surface area contributed by atoms with Gasteiger partial charge in [0.1, 0.15) is 0 Å². The topological polar surface area (TPSA) is 35.5 Å². The Kier molecular flexibility index (Phi) is 3.30. The number of carbonyl (C=O) groups is 1. The first-order chi connectivity index (χ1) is 9.52. The van der Waals surface area contributed by atoms with E-state index in [4.69, 9.17) is 21.1 Å². The molecule has 1 saturated heterocycles. The zero-order valence-electron chi connectivity index (χ0n) is 11.8. The van der Waals surface area contributed by atoms with E-state index in [0.717, 1.165) is 24.3 Å². The molecule has 0 aromatic heterocycles. The SMILES string of the molecule is COC(=O)C12OCC1(C)CCC2Cc1ccc(Cl)cc1. The molecule has 0 amide bonds. The van der Waals surface area contributed by atoms with Crippen molar-refractivity contribution in [3.63, 3.8) is 0 Å². The van der Waals surface area contributed by atoms with Crippen molar-refractivity contribution < 1.29 is 14.3 Å². The van der Waals surface area contributed by atoms with Gasteiger partial charge in [-0.15, -0.1) is 0 Å². The number of halogens is 1. The number of hydrogen-bond acceptors (Lipinski definition) is 3. The van der Waals surface area contributed by atoms with Gasteiger partial charge in [0, 0.05) is 16.4 Å². The van der Waals surface area contributed by atoms with E-state index in [9.17, 15) is 4.79 Å². The average molecular weight is 295 g/mol. The van der Waals surface area contributed by atoms with Crippen LogP contribution < -0.4 is 0 Å². The maximum atomic E-state index is 12.3. The van der Waals surface area contributed by atoms with Gasteiger partial charge in [0.05, 0.1) is 13.7 Å². The number of fused-ring (bicyclic) bond motifs is 1. The molecule has 3 nitrogen and oxygen atoms in total. The number of esters is 1. The van der Waals surface area contributed by atoms with Gasteiger partial charge in [-0.05, 0) is 37.0 Å². The molecule has 1 aliphatic carbocycles. The van der Waals surface area contributed by atoms with Crippen molar-refractivity contribution in [2.75, 3.05) is 13.7 Å². The normalized spacial score (nSPS) is 35.2. The molecule has 1 saturated carbocycles. The quantitative estimate of drug-likeness (QED) is 0.803. The standard InChI is InChI=1S/C16H19ClO3/c1-15-8-7-12(9-11-3-5-13(17)6-4-11)16(15,20-10-15)14(18)19-2/h3-6,12H,7-10H2,1-2H3. The first-order valence-corrected chi connectivity index (χ1v) is 7.36. The minimum atomic E-state index is -0.749. The van der Waals surface area contributed by atoms with Crippen molar-refractivity contribution in [3.05, 3.63) is 34.9 Å². The van der Waals surface area contributed by atoms with Crippen molar-refractivity contribution in [1.29, 1.82) is 0 Å². The molecule has 3 atom stereocenters. The minimum Gasteiger partial charge on any atom is -0.467 e. The molecule has 4 heteroatoms. The van der Waals surface area contributed by atoms with Gasteiger partial charge in [-0.1, -0.05) is 30.7 Å². The van der Waals surface area contributed by atoms with E-state index in [2.05, 4.69) is 6.92 Å². The highest BCUT2D eigenvalue weighted by molar-refractivity contribution is 6.30. The summed E-state index contributed by atoms with van der Waals surface area (Å²) in [6.07, 6.45) is 2.83. The van der Waals surface area contributed by atoms with Crippen molar-refractivity contribution >= 4 is 17.6 Å². The van der Waals surface area contributed by atoms with Crippen LogP contribution in [0.15, 0.2) is 24.3 Å². The monoisotopic (exact) mass is 294 g/mol. The third kappa shape index (κ3) is 1.80. The molecular formula is C16H19ClO3. The van der Waals surface area contributed by atoms with Gasteiger partial charge < -0.3 is 9.47 Å². The molecule has 1 heterocycles. The lowest BCUT2D eigenvalue weighted by Crippen LogP contribution is -2.66. The number of hydrogen-bond donors (Lipinski definition) is 0. The van der Waals surface area contributed by atoms with E-state index in [1.54, 1.807) is 0 Å². The summed E-state index contributed by atoms with van der Waals surface area (Å²) in [6.45, 7) is 2.79. The van der Waals surface area contributed by atoms with Gasteiger partial charge in [0.25, 0.3) is 0 Å². The fraction of sp³-hybridized carbons (Fsp3) is 0.562. The van der Waals surface area contributed by atoms with Crippen LogP contribution in [0.25, 0.3) is 0 Å². The van der Waals surface area contributed by atoms with Crippen LogP contribution in [0, 0.1) is 11.3 Å². The molecule has 1 aliphatic heterocycles. The number of rotatable bonds is 3. The van der Waals surface area contributed by atoms with Crippen molar-refractivity contribution in [2.45, 2.75) is 31.8 Å². The highest BCUT2D eigenvalue weighted by atomic mass is 35.5.